The van der Waals surface area contributed by atoms with E-state index in [4.69, 9.17) is 22.1 Å². The first-order chi connectivity index (χ1) is 17.9. The van der Waals surface area contributed by atoms with E-state index in [1.807, 2.05) is 48.9 Å². The number of nitrogens with zero attached hydrogens (tertiary/aromatic N) is 5. The van der Waals surface area contributed by atoms with Gasteiger partial charge in [-0.1, -0.05) is 30.3 Å². The molecule has 9 nitrogen and oxygen atoms in total. The van der Waals surface area contributed by atoms with Gasteiger partial charge in [0.15, 0.2) is 0 Å². The van der Waals surface area contributed by atoms with Crippen LogP contribution in [0.2, 0.25) is 5.02 Å². The van der Waals surface area contributed by atoms with Crippen molar-refractivity contribution < 1.29 is 9.53 Å². The first-order valence-corrected chi connectivity index (χ1v) is 11.6. The third-order valence-electron chi connectivity index (χ3n) is 5.80. The van der Waals surface area contributed by atoms with Crippen LogP contribution in [0.1, 0.15) is 5.69 Å². The molecule has 0 atom stereocenters. The zero-order valence-corrected chi connectivity index (χ0v) is 20.8. The number of anilines is 2. The lowest BCUT2D eigenvalue weighted by Crippen LogP contribution is -2.07. The van der Waals surface area contributed by atoms with Crippen LogP contribution in [-0.4, -0.2) is 30.4 Å². The van der Waals surface area contributed by atoms with Crippen LogP contribution >= 0.6 is 11.6 Å². The second-order valence-corrected chi connectivity index (χ2v) is 8.64. The number of carbonyl (C=O) groups excluding carboxylic acids is 1. The van der Waals surface area contributed by atoms with Gasteiger partial charge in [0.1, 0.15) is 23.5 Å². The van der Waals surface area contributed by atoms with E-state index in [1.54, 1.807) is 24.4 Å². The zero-order chi connectivity index (χ0) is 26.1. The van der Waals surface area contributed by atoms with Crippen LogP contribution in [0, 0.1) is 6.92 Å². The molecule has 10 heteroatoms. The number of benzene rings is 2. The third kappa shape index (κ3) is 4.60. The Hall–Kier alpha value is -4.76. The Kier molecular flexibility index (Phi) is 6.29. The van der Waals surface area contributed by atoms with E-state index < -0.39 is 0 Å². The van der Waals surface area contributed by atoms with E-state index >= 15 is 0 Å². The maximum Gasteiger partial charge on any atom is 0.322 e. The summed E-state index contributed by atoms with van der Waals surface area (Å²) in [5.74, 6) is 0.609. The number of rotatable bonds is 6. The number of aromatic nitrogens is 5. The molecule has 0 radical (unpaired) electrons. The second-order valence-electron chi connectivity index (χ2n) is 8.24. The Morgan fingerprint density at radius 1 is 1.14 bits per heavy atom. The number of ether oxygens (including phenoxy) is 1. The van der Waals surface area contributed by atoms with Gasteiger partial charge >= 0.3 is 6.01 Å². The number of aryl methyl sites for hydroxylation is 2. The fourth-order valence-electron chi connectivity index (χ4n) is 4.12. The molecule has 1 amide bonds. The van der Waals surface area contributed by atoms with Gasteiger partial charge in [-0.15, -0.1) is 0 Å². The first kappa shape index (κ1) is 24.0. The summed E-state index contributed by atoms with van der Waals surface area (Å²) < 4.78 is 7.74. The predicted molar refractivity (Wildman–Crippen MR) is 144 cm³/mol. The number of carbonyl (C=O) groups is 1. The number of nitrogens with two attached hydrogens (primary N) is 1. The number of nitrogens with one attached hydrogen (secondary N) is 1. The summed E-state index contributed by atoms with van der Waals surface area (Å²) in [7, 11) is 1.89. The molecule has 0 saturated heterocycles. The zero-order valence-electron chi connectivity index (χ0n) is 20.1. The predicted octanol–water partition coefficient (Wildman–Crippen LogP) is 5.55. The van der Waals surface area contributed by atoms with E-state index in [0.717, 1.165) is 28.1 Å². The summed E-state index contributed by atoms with van der Waals surface area (Å²) >= 11 is 6.73. The fourth-order valence-corrected chi connectivity index (χ4v) is 4.39. The van der Waals surface area contributed by atoms with Crippen LogP contribution in [0.25, 0.3) is 33.4 Å². The molecular weight excluding hydrogens is 490 g/mol. The van der Waals surface area contributed by atoms with Crippen molar-refractivity contribution in [3.05, 3.63) is 84.4 Å². The number of fused-ring (bicyclic) bond motifs is 1. The molecular formula is C27H22ClN7O2. The van der Waals surface area contributed by atoms with Gasteiger partial charge in [-0.2, -0.15) is 0 Å². The van der Waals surface area contributed by atoms with Crippen molar-refractivity contribution in [3.63, 3.8) is 0 Å². The average molecular weight is 512 g/mol. The number of nitrogen functional groups attached to an aromatic ring is 1. The molecule has 5 rings (SSSR count). The normalized spacial score (nSPS) is 10.9. The van der Waals surface area contributed by atoms with Crippen LogP contribution in [0.5, 0.6) is 11.8 Å². The van der Waals surface area contributed by atoms with E-state index in [9.17, 15) is 4.79 Å². The molecule has 0 aliphatic heterocycles. The lowest BCUT2D eigenvalue weighted by molar-refractivity contribution is -0.111. The highest BCUT2D eigenvalue weighted by Crippen LogP contribution is 2.44. The van der Waals surface area contributed by atoms with Crippen LogP contribution in [0.15, 0.2) is 73.7 Å². The van der Waals surface area contributed by atoms with Gasteiger partial charge in [0.05, 0.1) is 16.1 Å². The third-order valence-corrected chi connectivity index (χ3v) is 6.11. The Morgan fingerprint density at radius 2 is 1.92 bits per heavy atom. The van der Waals surface area contributed by atoms with Gasteiger partial charge in [-0.3, -0.25) is 4.79 Å². The van der Waals surface area contributed by atoms with Crippen molar-refractivity contribution in [1.82, 2.24) is 24.5 Å². The minimum atomic E-state index is -0.324. The summed E-state index contributed by atoms with van der Waals surface area (Å²) in [4.78, 5) is 28.9. The second kappa shape index (κ2) is 9.71. The first-order valence-electron chi connectivity index (χ1n) is 11.3. The van der Waals surface area contributed by atoms with Crippen molar-refractivity contribution in [2.75, 3.05) is 11.1 Å². The van der Waals surface area contributed by atoms with Gasteiger partial charge in [-0.05, 0) is 55.0 Å². The monoisotopic (exact) mass is 511 g/mol. The lowest BCUT2D eigenvalue weighted by atomic mass is 9.98. The molecule has 0 fully saturated rings. The Labute approximate surface area is 217 Å². The topological polar surface area (TPSA) is 121 Å². The van der Waals surface area contributed by atoms with Gasteiger partial charge in [0.2, 0.25) is 5.91 Å². The van der Waals surface area contributed by atoms with Crippen molar-refractivity contribution >= 4 is 40.0 Å². The molecule has 0 unspecified atom stereocenters. The molecule has 2 aromatic carbocycles. The van der Waals surface area contributed by atoms with Crippen molar-refractivity contribution in [2.45, 2.75) is 6.92 Å². The minimum Gasteiger partial charge on any atom is -0.424 e. The lowest BCUT2D eigenvalue weighted by Gasteiger charge is -2.13. The van der Waals surface area contributed by atoms with Gasteiger partial charge in [0, 0.05) is 35.8 Å². The van der Waals surface area contributed by atoms with Crippen LogP contribution < -0.4 is 15.8 Å². The molecule has 0 bridgehead atoms. The van der Waals surface area contributed by atoms with Crippen LogP contribution in [-0.2, 0) is 11.8 Å². The summed E-state index contributed by atoms with van der Waals surface area (Å²) in [6, 6.07) is 14.9. The van der Waals surface area contributed by atoms with Crippen molar-refractivity contribution in [3.8, 4) is 34.1 Å². The minimum absolute atomic E-state index is 0.270. The largest absolute Gasteiger partial charge is 0.424 e. The molecule has 0 spiro atoms. The van der Waals surface area contributed by atoms with Gasteiger partial charge in [-0.25, -0.2) is 19.9 Å². The molecule has 0 saturated carbocycles. The van der Waals surface area contributed by atoms with Gasteiger partial charge < -0.3 is 20.4 Å². The number of amides is 1. The molecule has 184 valence electrons. The summed E-state index contributed by atoms with van der Waals surface area (Å²) in [5, 5.41) is 3.87. The Morgan fingerprint density at radius 3 is 2.62 bits per heavy atom. The number of hydrogen-bond donors (Lipinski definition) is 2. The summed E-state index contributed by atoms with van der Waals surface area (Å²) in [5.41, 5.74) is 11.6. The summed E-state index contributed by atoms with van der Waals surface area (Å²) in [6.07, 6.45) is 4.28. The van der Waals surface area contributed by atoms with E-state index in [0.29, 0.717) is 33.3 Å². The number of halogens is 1. The average Bonchev–Trinajstić information content (AvgIpc) is 3.18. The summed E-state index contributed by atoms with van der Waals surface area (Å²) in [6.45, 7) is 5.35. The fraction of sp³-hybridized carbons (Fsp3) is 0.0741. The van der Waals surface area contributed by atoms with Crippen LogP contribution in [0.3, 0.4) is 0 Å². The van der Waals surface area contributed by atoms with E-state index in [1.165, 1.54) is 12.4 Å². The molecule has 0 aliphatic carbocycles. The Bertz CT molecular complexity index is 1660. The van der Waals surface area contributed by atoms with E-state index in [2.05, 4.69) is 31.8 Å². The molecule has 0 aliphatic rings. The maximum atomic E-state index is 11.7. The molecule has 3 heterocycles. The SMILES string of the molecule is C=CC(=O)Nc1ccc(-c2c(-c3ccc(Oc4nccc(C)n4)cc3)c3c(N)ncnc3n2C)c(Cl)c1. The van der Waals surface area contributed by atoms with Gasteiger partial charge in [0.25, 0.3) is 0 Å². The number of hydrogen-bond acceptors (Lipinski definition) is 7. The smallest absolute Gasteiger partial charge is 0.322 e. The molecule has 3 N–H and O–H groups in total. The van der Waals surface area contributed by atoms with Crippen LogP contribution in [0.4, 0.5) is 11.5 Å². The standard InChI is InChI=1S/C27H22ClN7O2/c1-4-21(36)34-17-7-10-19(20(28)13-17)24-22(23-25(29)31-14-32-26(23)35(24)3)16-5-8-18(9-6-16)37-27-30-12-11-15(2)33-27/h4-14H,1H2,2-3H3,(H,34,36)(H2,29,31,32). The van der Waals surface area contributed by atoms with E-state index in [-0.39, 0.29) is 11.9 Å². The quantitative estimate of drug-likeness (QED) is 0.286. The molecule has 3 aromatic heterocycles. The highest BCUT2D eigenvalue weighted by atomic mass is 35.5. The Balaban J connectivity index is 1.63. The highest BCUT2D eigenvalue weighted by Gasteiger charge is 2.23. The molecule has 5 aromatic rings. The maximum absolute atomic E-state index is 11.7. The van der Waals surface area contributed by atoms with Crippen molar-refractivity contribution in [2.24, 2.45) is 7.05 Å². The van der Waals surface area contributed by atoms with Crippen molar-refractivity contribution in [1.29, 1.82) is 0 Å². The highest BCUT2D eigenvalue weighted by molar-refractivity contribution is 6.34. The molecule has 37 heavy (non-hydrogen) atoms.